The van der Waals surface area contributed by atoms with Crippen LogP contribution in [0.25, 0.3) is 0 Å². The van der Waals surface area contributed by atoms with Crippen molar-refractivity contribution < 1.29 is 14.3 Å². The molecule has 1 heterocycles. The molecule has 0 saturated carbocycles. The molecule has 2 aromatic carbocycles. The number of methoxy groups -OCH3 is 2. The number of halogens is 1. The van der Waals surface area contributed by atoms with Crippen molar-refractivity contribution in [3.8, 4) is 11.5 Å². The molecule has 3 rings (SSSR count). The Hall–Kier alpha value is -1.85. The monoisotopic (exact) mass is 405 g/mol. The number of nitrogens with zero attached hydrogens (tertiary/aromatic N) is 1. The van der Waals surface area contributed by atoms with E-state index in [2.05, 4.69) is 6.92 Å². The lowest BCUT2D eigenvalue weighted by atomic mass is 10.1. The summed E-state index contributed by atoms with van der Waals surface area (Å²) in [5.74, 6) is 1.47. The van der Waals surface area contributed by atoms with Gasteiger partial charge in [0.05, 0.1) is 19.9 Å². The zero-order chi connectivity index (χ0) is 19.4. The Balaban J connectivity index is 1.80. The highest BCUT2D eigenvalue weighted by Gasteiger charge is 2.25. The summed E-state index contributed by atoms with van der Waals surface area (Å²) in [6, 6.07) is 11.5. The maximum atomic E-state index is 13.1. The minimum atomic E-state index is 0.0955. The number of ether oxygens (including phenoxy) is 2. The van der Waals surface area contributed by atoms with Gasteiger partial charge < -0.3 is 14.4 Å². The van der Waals surface area contributed by atoms with Crippen LogP contribution in [0.5, 0.6) is 11.5 Å². The van der Waals surface area contributed by atoms with Gasteiger partial charge in [-0.1, -0.05) is 30.7 Å². The number of hydrogen-bond acceptors (Lipinski definition) is 4. The molecule has 6 heteroatoms. The van der Waals surface area contributed by atoms with Crippen molar-refractivity contribution in [1.82, 2.24) is 0 Å². The Morgan fingerprint density at radius 3 is 2.81 bits per heavy atom. The van der Waals surface area contributed by atoms with Gasteiger partial charge in [-0.15, -0.1) is 11.8 Å². The Morgan fingerprint density at radius 1 is 1.26 bits per heavy atom. The van der Waals surface area contributed by atoms with Gasteiger partial charge in [-0.2, -0.15) is 0 Å². The first-order valence-corrected chi connectivity index (χ1v) is 10.3. The van der Waals surface area contributed by atoms with Crippen LogP contribution in [-0.2, 0) is 11.2 Å². The van der Waals surface area contributed by atoms with E-state index in [1.54, 1.807) is 26.0 Å². The number of rotatable bonds is 5. The highest BCUT2D eigenvalue weighted by Crippen LogP contribution is 2.39. The van der Waals surface area contributed by atoms with Crippen LogP contribution >= 0.6 is 23.4 Å². The number of fused-ring (bicyclic) bond motifs is 1. The molecule has 1 atom stereocenters. The lowest BCUT2D eigenvalue weighted by molar-refractivity contribution is -0.118. The number of amides is 1. The molecule has 1 aliphatic heterocycles. The normalized spacial score (nSPS) is 16.4. The summed E-state index contributed by atoms with van der Waals surface area (Å²) in [6.07, 6.45) is 1.94. The number of carbonyl (C=O) groups is 1. The molecule has 0 aromatic heterocycles. The number of hydrogen-bond donors (Lipinski definition) is 0. The van der Waals surface area contributed by atoms with Gasteiger partial charge in [0.1, 0.15) is 0 Å². The maximum absolute atomic E-state index is 13.1. The van der Waals surface area contributed by atoms with E-state index >= 15 is 0 Å². The third-order valence-corrected chi connectivity index (χ3v) is 6.17. The third kappa shape index (κ3) is 4.53. The SMILES string of the molecule is COc1cccc(CCC(=O)N2CCC(C)Sc3ccc(Cl)cc32)c1OC. The molecule has 144 valence electrons. The van der Waals surface area contributed by atoms with Gasteiger partial charge in [-0.3, -0.25) is 4.79 Å². The number of carbonyl (C=O) groups excluding carboxylic acids is 1. The first-order chi connectivity index (χ1) is 13.0. The Labute approximate surface area is 169 Å². The van der Waals surface area contributed by atoms with E-state index in [9.17, 15) is 4.79 Å². The van der Waals surface area contributed by atoms with Crippen molar-refractivity contribution in [3.63, 3.8) is 0 Å². The molecule has 0 saturated heterocycles. The average Bonchev–Trinajstić information content (AvgIpc) is 2.83. The van der Waals surface area contributed by atoms with Crippen LogP contribution in [-0.4, -0.2) is 31.9 Å². The summed E-state index contributed by atoms with van der Waals surface area (Å²) in [6.45, 7) is 2.90. The predicted molar refractivity (Wildman–Crippen MR) is 112 cm³/mol. The standard InChI is InChI=1S/C21H24ClNO3S/c1-14-11-12-23(17-13-16(22)8-9-19(17)27-14)20(24)10-7-15-5-4-6-18(25-2)21(15)26-3/h4-6,8-9,13-14H,7,10-12H2,1-3H3. The summed E-state index contributed by atoms with van der Waals surface area (Å²) >= 11 is 8.00. The highest BCUT2D eigenvalue weighted by molar-refractivity contribution is 8.00. The topological polar surface area (TPSA) is 38.8 Å². The zero-order valence-corrected chi connectivity index (χ0v) is 17.4. The van der Waals surface area contributed by atoms with E-state index in [0.717, 1.165) is 22.6 Å². The fraction of sp³-hybridized carbons (Fsp3) is 0.381. The van der Waals surface area contributed by atoms with E-state index in [4.69, 9.17) is 21.1 Å². The molecule has 0 aliphatic carbocycles. The number of aryl methyl sites for hydroxylation is 1. The van der Waals surface area contributed by atoms with Crippen LogP contribution in [0.4, 0.5) is 5.69 Å². The maximum Gasteiger partial charge on any atom is 0.227 e. The molecule has 1 aliphatic rings. The van der Waals surface area contributed by atoms with Crippen LogP contribution in [0, 0.1) is 0 Å². The Kier molecular flexibility index (Phi) is 6.55. The quantitative estimate of drug-likeness (QED) is 0.684. The molecule has 0 N–H and O–H groups in total. The fourth-order valence-corrected chi connectivity index (χ4v) is 4.55. The molecule has 1 amide bonds. The molecule has 0 bridgehead atoms. The van der Waals surface area contributed by atoms with Crippen molar-refractivity contribution in [2.75, 3.05) is 25.7 Å². The molecule has 2 aromatic rings. The van der Waals surface area contributed by atoms with Gasteiger partial charge in [0.15, 0.2) is 11.5 Å². The minimum Gasteiger partial charge on any atom is -0.493 e. The van der Waals surface area contributed by atoms with Crippen LogP contribution in [0.2, 0.25) is 5.02 Å². The molecule has 27 heavy (non-hydrogen) atoms. The van der Waals surface area contributed by atoms with Crippen LogP contribution in [0.15, 0.2) is 41.3 Å². The average molecular weight is 406 g/mol. The molecule has 4 nitrogen and oxygen atoms in total. The summed E-state index contributed by atoms with van der Waals surface area (Å²) in [7, 11) is 3.23. The van der Waals surface area contributed by atoms with Gasteiger partial charge >= 0.3 is 0 Å². The van der Waals surface area contributed by atoms with E-state index in [1.807, 2.05) is 41.3 Å². The predicted octanol–water partition coefficient (Wildman–Crippen LogP) is 5.21. The summed E-state index contributed by atoms with van der Waals surface area (Å²) in [5.41, 5.74) is 1.88. The van der Waals surface area contributed by atoms with Gasteiger partial charge in [0.25, 0.3) is 0 Å². The van der Waals surface area contributed by atoms with E-state index in [0.29, 0.717) is 41.2 Å². The molecule has 1 unspecified atom stereocenters. The van der Waals surface area contributed by atoms with E-state index in [1.165, 1.54) is 0 Å². The largest absolute Gasteiger partial charge is 0.493 e. The van der Waals surface area contributed by atoms with Gasteiger partial charge in [0, 0.05) is 28.1 Å². The van der Waals surface area contributed by atoms with Crippen molar-refractivity contribution in [2.45, 2.75) is 36.3 Å². The number of thioether (sulfide) groups is 1. The van der Waals surface area contributed by atoms with Crippen LogP contribution in [0.3, 0.4) is 0 Å². The molecule has 0 fully saturated rings. The third-order valence-electron chi connectivity index (χ3n) is 4.69. The van der Waals surface area contributed by atoms with Gasteiger partial charge in [-0.05, 0) is 42.7 Å². The lowest BCUT2D eigenvalue weighted by Gasteiger charge is -2.23. The molecular weight excluding hydrogens is 382 g/mol. The molecule has 0 radical (unpaired) electrons. The highest BCUT2D eigenvalue weighted by atomic mass is 35.5. The Bertz CT molecular complexity index is 827. The fourth-order valence-electron chi connectivity index (χ4n) is 3.29. The zero-order valence-electron chi connectivity index (χ0n) is 15.8. The smallest absolute Gasteiger partial charge is 0.227 e. The number of benzene rings is 2. The second kappa shape index (κ2) is 8.89. The van der Waals surface area contributed by atoms with Gasteiger partial charge in [-0.25, -0.2) is 0 Å². The van der Waals surface area contributed by atoms with Crippen LogP contribution in [0.1, 0.15) is 25.3 Å². The second-order valence-electron chi connectivity index (χ2n) is 6.53. The Morgan fingerprint density at radius 2 is 2.07 bits per heavy atom. The van der Waals surface area contributed by atoms with E-state index in [-0.39, 0.29) is 5.91 Å². The first-order valence-electron chi connectivity index (χ1n) is 9.00. The van der Waals surface area contributed by atoms with Crippen molar-refractivity contribution >= 4 is 35.0 Å². The van der Waals surface area contributed by atoms with Crippen LogP contribution < -0.4 is 14.4 Å². The minimum absolute atomic E-state index is 0.0955. The first kappa shape index (κ1) is 19.9. The van der Waals surface area contributed by atoms with E-state index < -0.39 is 0 Å². The number of anilines is 1. The molecule has 0 spiro atoms. The summed E-state index contributed by atoms with van der Waals surface area (Å²) < 4.78 is 10.8. The van der Waals surface area contributed by atoms with Crippen molar-refractivity contribution in [2.24, 2.45) is 0 Å². The molecular formula is C21H24ClNO3S. The second-order valence-corrected chi connectivity index (χ2v) is 8.44. The summed E-state index contributed by atoms with van der Waals surface area (Å²) in [5, 5.41) is 1.11. The number of para-hydroxylation sites is 1. The summed E-state index contributed by atoms with van der Waals surface area (Å²) in [4.78, 5) is 16.0. The van der Waals surface area contributed by atoms with Gasteiger partial charge in [0.2, 0.25) is 5.91 Å². The van der Waals surface area contributed by atoms with Crippen molar-refractivity contribution in [3.05, 3.63) is 47.0 Å². The van der Waals surface area contributed by atoms with Crippen molar-refractivity contribution in [1.29, 1.82) is 0 Å². The lowest BCUT2D eigenvalue weighted by Crippen LogP contribution is -2.32.